The predicted octanol–water partition coefficient (Wildman–Crippen LogP) is 3.31. The average molecular weight is 499 g/mol. The molecule has 0 radical (unpaired) electrons. The van der Waals surface area contributed by atoms with Crippen LogP contribution in [0.25, 0.3) is 0 Å². The molecule has 0 aliphatic carbocycles. The Labute approximate surface area is 213 Å². The lowest BCUT2D eigenvalue weighted by molar-refractivity contribution is -0.127. The molecule has 8 heteroatoms. The number of rotatable bonds is 7. The van der Waals surface area contributed by atoms with Crippen LogP contribution < -0.4 is 10.1 Å². The Bertz CT molecular complexity index is 1000. The fourth-order valence-electron chi connectivity index (χ4n) is 4.86. The molecule has 0 bridgehead atoms. The first-order valence-electron chi connectivity index (χ1n) is 12.3. The van der Waals surface area contributed by atoms with E-state index in [4.69, 9.17) is 16.3 Å². The third-order valence-corrected chi connectivity index (χ3v) is 7.34. The van der Waals surface area contributed by atoms with Gasteiger partial charge < -0.3 is 19.9 Å². The van der Waals surface area contributed by atoms with Crippen LogP contribution in [0.4, 0.5) is 0 Å². The Hall–Kier alpha value is -2.61. The molecule has 2 aliphatic rings. The number of carbonyl (C=O) groups is 2. The van der Waals surface area contributed by atoms with Gasteiger partial charge in [0.2, 0.25) is 5.91 Å². The third kappa shape index (κ3) is 6.54. The van der Waals surface area contributed by atoms with Crippen LogP contribution in [0.5, 0.6) is 5.75 Å². The largest absolute Gasteiger partial charge is 0.496 e. The number of carbonyl (C=O) groups excluding carboxylic acids is 2. The first-order chi connectivity index (χ1) is 16.9. The summed E-state index contributed by atoms with van der Waals surface area (Å²) in [5, 5.41) is 3.82. The van der Waals surface area contributed by atoms with Crippen LogP contribution in [0, 0.1) is 5.92 Å². The molecular formula is C27H35ClN4O3. The Morgan fingerprint density at radius 3 is 2.37 bits per heavy atom. The van der Waals surface area contributed by atoms with Crippen LogP contribution in [0.15, 0.2) is 48.5 Å². The number of benzene rings is 2. The second kappa shape index (κ2) is 11.9. The number of piperazine rings is 1. The van der Waals surface area contributed by atoms with Crippen LogP contribution in [-0.2, 0) is 4.79 Å². The summed E-state index contributed by atoms with van der Waals surface area (Å²) in [6.45, 7) is 5.95. The number of hydrogen-bond donors (Lipinski definition) is 1. The van der Waals surface area contributed by atoms with Gasteiger partial charge in [-0.25, -0.2) is 0 Å². The van der Waals surface area contributed by atoms with Crippen molar-refractivity contribution in [1.29, 1.82) is 0 Å². The standard InChI is InChI=1S/C27H35ClN4O3/c1-30-14-16-31(17-15-30)19-24(20-6-4-3-5-7-20)29-26(33)21-10-12-32(13-11-21)27(34)23-18-22(28)8-9-25(23)35-2/h3-9,18,21,24H,10-17,19H2,1-2H3,(H,29,33). The highest BCUT2D eigenvalue weighted by Gasteiger charge is 2.31. The molecule has 1 atom stereocenters. The molecule has 1 unspecified atom stereocenters. The van der Waals surface area contributed by atoms with Crippen molar-refractivity contribution in [2.75, 3.05) is 60.0 Å². The molecule has 2 amide bonds. The molecule has 4 rings (SSSR count). The van der Waals surface area contributed by atoms with E-state index in [9.17, 15) is 9.59 Å². The minimum atomic E-state index is -0.112. The summed E-state index contributed by atoms with van der Waals surface area (Å²) in [7, 11) is 3.69. The maximum absolute atomic E-state index is 13.3. The van der Waals surface area contributed by atoms with Crippen molar-refractivity contribution in [3.05, 3.63) is 64.7 Å². The van der Waals surface area contributed by atoms with Crippen LogP contribution in [0.3, 0.4) is 0 Å². The monoisotopic (exact) mass is 498 g/mol. The molecule has 2 saturated heterocycles. The van der Waals surface area contributed by atoms with E-state index in [1.807, 2.05) is 18.2 Å². The number of piperidine rings is 1. The van der Waals surface area contributed by atoms with Gasteiger partial charge in [0.05, 0.1) is 18.7 Å². The summed E-state index contributed by atoms with van der Waals surface area (Å²) >= 11 is 6.11. The van der Waals surface area contributed by atoms with Gasteiger partial charge in [-0.15, -0.1) is 0 Å². The van der Waals surface area contributed by atoms with Gasteiger partial charge in [-0.1, -0.05) is 41.9 Å². The minimum absolute atomic E-state index is 0.0533. The van der Waals surface area contributed by atoms with E-state index in [1.54, 1.807) is 30.2 Å². The maximum atomic E-state index is 13.3. The van der Waals surface area contributed by atoms with Crippen molar-refractivity contribution in [3.8, 4) is 5.75 Å². The van der Waals surface area contributed by atoms with Crippen molar-refractivity contribution < 1.29 is 14.3 Å². The number of nitrogens with zero attached hydrogens (tertiary/aromatic N) is 3. The Balaban J connectivity index is 1.36. The number of likely N-dealkylation sites (N-methyl/N-ethyl adjacent to an activating group) is 1. The van der Waals surface area contributed by atoms with E-state index in [0.717, 1.165) is 38.3 Å². The summed E-state index contributed by atoms with van der Waals surface area (Å²) in [6, 6.07) is 15.2. The molecule has 7 nitrogen and oxygen atoms in total. The fraction of sp³-hybridized carbons (Fsp3) is 0.481. The molecule has 188 valence electrons. The van der Waals surface area contributed by atoms with E-state index in [2.05, 4.69) is 34.3 Å². The molecule has 2 heterocycles. The summed E-state index contributed by atoms with van der Waals surface area (Å²) in [5.74, 6) is 0.355. The minimum Gasteiger partial charge on any atom is -0.496 e. The zero-order valence-electron chi connectivity index (χ0n) is 20.6. The van der Waals surface area contributed by atoms with Gasteiger partial charge in [0.1, 0.15) is 5.75 Å². The van der Waals surface area contributed by atoms with E-state index in [-0.39, 0.29) is 23.8 Å². The van der Waals surface area contributed by atoms with E-state index in [1.165, 1.54) is 0 Å². The number of methoxy groups -OCH3 is 1. The van der Waals surface area contributed by atoms with Gasteiger partial charge >= 0.3 is 0 Å². The molecule has 2 aromatic carbocycles. The number of amides is 2. The van der Waals surface area contributed by atoms with Gasteiger partial charge in [-0.3, -0.25) is 14.5 Å². The second-order valence-electron chi connectivity index (χ2n) is 9.49. The first kappa shape index (κ1) is 25.5. The molecule has 1 N–H and O–H groups in total. The zero-order valence-corrected chi connectivity index (χ0v) is 21.3. The van der Waals surface area contributed by atoms with Crippen molar-refractivity contribution in [1.82, 2.24) is 20.0 Å². The third-order valence-electron chi connectivity index (χ3n) is 7.10. The SMILES string of the molecule is COc1ccc(Cl)cc1C(=O)N1CCC(C(=O)NC(CN2CCN(C)CC2)c2ccccc2)CC1. The molecule has 35 heavy (non-hydrogen) atoms. The van der Waals surface area contributed by atoms with Crippen molar-refractivity contribution in [2.24, 2.45) is 5.92 Å². The van der Waals surface area contributed by atoms with E-state index in [0.29, 0.717) is 42.3 Å². The molecule has 0 saturated carbocycles. The normalized spacial score (nSPS) is 18.8. The Kier molecular flexibility index (Phi) is 8.65. The molecule has 2 fully saturated rings. The second-order valence-corrected chi connectivity index (χ2v) is 9.92. The van der Waals surface area contributed by atoms with Crippen molar-refractivity contribution in [3.63, 3.8) is 0 Å². The zero-order chi connectivity index (χ0) is 24.8. The highest BCUT2D eigenvalue weighted by atomic mass is 35.5. The summed E-state index contributed by atoms with van der Waals surface area (Å²) < 4.78 is 5.35. The topological polar surface area (TPSA) is 65.1 Å². The number of nitrogens with one attached hydrogen (secondary N) is 1. The van der Waals surface area contributed by atoms with Gasteiger partial charge in [-0.2, -0.15) is 0 Å². The number of likely N-dealkylation sites (tertiary alicyclic amines) is 1. The summed E-state index contributed by atoms with van der Waals surface area (Å²) in [6.07, 6.45) is 1.27. The molecule has 2 aromatic rings. The highest BCUT2D eigenvalue weighted by Crippen LogP contribution is 2.27. The summed E-state index contributed by atoms with van der Waals surface area (Å²) in [5.41, 5.74) is 1.58. The fourth-order valence-corrected chi connectivity index (χ4v) is 5.03. The van der Waals surface area contributed by atoms with E-state index < -0.39 is 0 Å². The lowest BCUT2D eigenvalue weighted by atomic mass is 9.94. The molecule has 2 aliphatic heterocycles. The predicted molar refractivity (Wildman–Crippen MR) is 138 cm³/mol. The number of halogens is 1. The molecule has 0 aromatic heterocycles. The van der Waals surface area contributed by atoms with Crippen molar-refractivity contribution in [2.45, 2.75) is 18.9 Å². The van der Waals surface area contributed by atoms with Gasteiger partial charge in [0.25, 0.3) is 5.91 Å². The van der Waals surface area contributed by atoms with Crippen LogP contribution in [0.2, 0.25) is 5.02 Å². The van der Waals surface area contributed by atoms with Gasteiger partial charge in [0.15, 0.2) is 0 Å². The van der Waals surface area contributed by atoms with E-state index >= 15 is 0 Å². The van der Waals surface area contributed by atoms with Gasteiger partial charge in [0, 0.05) is 56.8 Å². The smallest absolute Gasteiger partial charge is 0.257 e. The van der Waals surface area contributed by atoms with Gasteiger partial charge in [-0.05, 0) is 43.7 Å². The Morgan fingerprint density at radius 2 is 1.71 bits per heavy atom. The van der Waals surface area contributed by atoms with Crippen LogP contribution in [0.1, 0.15) is 34.8 Å². The highest BCUT2D eigenvalue weighted by molar-refractivity contribution is 6.31. The summed E-state index contributed by atoms with van der Waals surface area (Å²) in [4.78, 5) is 32.9. The lowest BCUT2D eigenvalue weighted by Gasteiger charge is -2.36. The number of hydrogen-bond acceptors (Lipinski definition) is 5. The van der Waals surface area contributed by atoms with Crippen LogP contribution in [-0.4, -0.2) is 86.5 Å². The first-order valence-corrected chi connectivity index (χ1v) is 12.7. The molecular weight excluding hydrogens is 464 g/mol. The average Bonchev–Trinajstić information content (AvgIpc) is 2.89. The number of ether oxygens (including phenoxy) is 1. The molecule has 0 spiro atoms. The lowest BCUT2D eigenvalue weighted by Crippen LogP contribution is -2.49. The Morgan fingerprint density at radius 1 is 1.03 bits per heavy atom. The quantitative estimate of drug-likeness (QED) is 0.634. The van der Waals surface area contributed by atoms with Crippen molar-refractivity contribution >= 4 is 23.4 Å². The van der Waals surface area contributed by atoms with Crippen LogP contribution >= 0.6 is 11.6 Å². The maximum Gasteiger partial charge on any atom is 0.257 e.